The van der Waals surface area contributed by atoms with Gasteiger partial charge in [-0.05, 0) is 18.6 Å². The van der Waals surface area contributed by atoms with Crippen molar-refractivity contribution in [3.8, 4) is 0 Å². The summed E-state index contributed by atoms with van der Waals surface area (Å²) in [6, 6.07) is 3.91. The van der Waals surface area contributed by atoms with E-state index < -0.39 is 0 Å². The van der Waals surface area contributed by atoms with Crippen molar-refractivity contribution in [2.75, 3.05) is 18.5 Å². The minimum atomic E-state index is 0.0779. The highest BCUT2D eigenvalue weighted by molar-refractivity contribution is 5.49. The lowest BCUT2D eigenvalue weighted by atomic mass is 10.3. The summed E-state index contributed by atoms with van der Waals surface area (Å²) in [5, 5.41) is 15.7. The molecule has 14 heavy (non-hydrogen) atoms. The Morgan fingerprint density at radius 3 is 3.14 bits per heavy atom. The topological polar surface area (TPSA) is 62.5 Å². The van der Waals surface area contributed by atoms with Crippen LogP contribution in [0.1, 0.15) is 5.56 Å². The third-order valence-electron chi connectivity index (χ3n) is 1.95. The number of nitrogens with one attached hydrogen (secondary N) is 1. The van der Waals surface area contributed by atoms with E-state index in [1.807, 2.05) is 25.3 Å². The maximum atomic E-state index is 8.63. The molecule has 0 aliphatic rings. The minimum Gasteiger partial charge on any atom is -0.395 e. The molecule has 0 aliphatic carbocycles. The molecule has 2 aromatic heterocycles. The number of aliphatic hydroxyl groups is 1. The fourth-order valence-electron chi connectivity index (χ4n) is 1.28. The first-order chi connectivity index (χ1) is 6.81. The summed E-state index contributed by atoms with van der Waals surface area (Å²) in [7, 11) is 0. The van der Waals surface area contributed by atoms with Crippen LogP contribution in [0.5, 0.6) is 0 Å². The summed E-state index contributed by atoms with van der Waals surface area (Å²) < 4.78 is 1.72. The molecule has 0 aliphatic heterocycles. The SMILES string of the molecule is Cc1cccn2nc(NCCO)nc12. The number of aryl methyl sites for hydroxylation is 1. The molecule has 0 aromatic carbocycles. The summed E-state index contributed by atoms with van der Waals surface area (Å²) in [4.78, 5) is 4.28. The number of hydrogen-bond donors (Lipinski definition) is 2. The Morgan fingerprint density at radius 2 is 2.43 bits per heavy atom. The number of pyridine rings is 1. The van der Waals surface area contributed by atoms with Gasteiger partial charge in [-0.1, -0.05) is 6.07 Å². The zero-order valence-corrected chi connectivity index (χ0v) is 7.94. The normalized spacial score (nSPS) is 10.7. The van der Waals surface area contributed by atoms with E-state index in [2.05, 4.69) is 15.4 Å². The molecule has 2 rings (SSSR count). The van der Waals surface area contributed by atoms with Gasteiger partial charge in [0.25, 0.3) is 0 Å². The molecule has 0 saturated carbocycles. The number of aliphatic hydroxyl groups excluding tert-OH is 1. The van der Waals surface area contributed by atoms with Crippen LogP contribution in [0.2, 0.25) is 0 Å². The van der Waals surface area contributed by atoms with E-state index in [0.717, 1.165) is 11.2 Å². The molecule has 2 N–H and O–H groups in total. The third kappa shape index (κ3) is 1.54. The summed E-state index contributed by atoms with van der Waals surface area (Å²) in [5.74, 6) is 0.549. The zero-order chi connectivity index (χ0) is 9.97. The van der Waals surface area contributed by atoms with E-state index in [-0.39, 0.29) is 6.61 Å². The van der Waals surface area contributed by atoms with Gasteiger partial charge < -0.3 is 10.4 Å². The Balaban J connectivity index is 2.36. The Labute approximate surface area is 81.4 Å². The second-order valence-electron chi connectivity index (χ2n) is 3.05. The highest BCUT2D eigenvalue weighted by Crippen LogP contribution is 2.09. The Bertz CT molecular complexity index is 437. The molecule has 5 nitrogen and oxygen atoms in total. The van der Waals surface area contributed by atoms with E-state index in [4.69, 9.17) is 5.11 Å². The summed E-state index contributed by atoms with van der Waals surface area (Å²) >= 11 is 0. The quantitative estimate of drug-likeness (QED) is 0.740. The molecule has 2 heterocycles. The number of nitrogens with zero attached hydrogens (tertiary/aromatic N) is 3. The van der Waals surface area contributed by atoms with Crippen molar-refractivity contribution in [2.45, 2.75) is 6.92 Å². The molecule has 0 radical (unpaired) electrons. The van der Waals surface area contributed by atoms with Gasteiger partial charge in [0.1, 0.15) is 0 Å². The van der Waals surface area contributed by atoms with Crippen molar-refractivity contribution < 1.29 is 5.11 Å². The Hall–Kier alpha value is -1.62. The predicted octanol–water partition coefficient (Wildman–Crippen LogP) is 0.442. The van der Waals surface area contributed by atoms with Crippen molar-refractivity contribution in [1.82, 2.24) is 14.6 Å². The van der Waals surface area contributed by atoms with Gasteiger partial charge in [-0.15, -0.1) is 5.10 Å². The van der Waals surface area contributed by atoms with Crippen LogP contribution in [-0.2, 0) is 0 Å². The second-order valence-corrected chi connectivity index (χ2v) is 3.05. The van der Waals surface area contributed by atoms with Crippen LogP contribution in [0, 0.1) is 6.92 Å². The van der Waals surface area contributed by atoms with Gasteiger partial charge in [0.2, 0.25) is 5.95 Å². The van der Waals surface area contributed by atoms with E-state index in [1.165, 1.54) is 0 Å². The van der Waals surface area contributed by atoms with Crippen LogP contribution >= 0.6 is 0 Å². The third-order valence-corrected chi connectivity index (χ3v) is 1.95. The summed E-state index contributed by atoms with van der Waals surface area (Å²) in [6.07, 6.45) is 1.85. The van der Waals surface area contributed by atoms with E-state index in [0.29, 0.717) is 12.5 Å². The van der Waals surface area contributed by atoms with Crippen molar-refractivity contribution in [2.24, 2.45) is 0 Å². The maximum absolute atomic E-state index is 8.63. The zero-order valence-electron chi connectivity index (χ0n) is 7.94. The fraction of sp³-hybridized carbons (Fsp3) is 0.333. The second kappa shape index (κ2) is 3.63. The molecule has 0 spiro atoms. The van der Waals surface area contributed by atoms with Crippen molar-refractivity contribution >= 4 is 11.6 Å². The molecule has 0 bridgehead atoms. The first-order valence-corrected chi connectivity index (χ1v) is 4.48. The molecular formula is C9H12N4O. The first kappa shape index (κ1) is 8.96. The minimum absolute atomic E-state index is 0.0779. The monoisotopic (exact) mass is 192 g/mol. The van der Waals surface area contributed by atoms with Gasteiger partial charge in [-0.3, -0.25) is 0 Å². The fourth-order valence-corrected chi connectivity index (χ4v) is 1.28. The molecule has 74 valence electrons. The number of aromatic nitrogens is 3. The molecule has 0 saturated heterocycles. The molecule has 5 heteroatoms. The van der Waals surface area contributed by atoms with E-state index in [9.17, 15) is 0 Å². The smallest absolute Gasteiger partial charge is 0.243 e. The van der Waals surface area contributed by atoms with Gasteiger partial charge in [0, 0.05) is 12.7 Å². The lowest BCUT2D eigenvalue weighted by Crippen LogP contribution is -2.06. The number of fused-ring (bicyclic) bond motifs is 1. The molecule has 0 atom stereocenters. The molecule has 0 unspecified atom stereocenters. The number of rotatable bonds is 3. The largest absolute Gasteiger partial charge is 0.395 e. The summed E-state index contributed by atoms with van der Waals surface area (Å²) in [6.45, 7) is 2.53. The van der Waals surface area contributed by atoms with Crippen LogP contribution in [0.15, 0.2) is 18.3 Å². The van der Waals surface area contributed by atoms with Crippen molar-refractivity contribution in [1.29, 1.82) is 0 Å². The molecular weight excluding hydrogens is 180 g/mol. The predicted molar refractivity (Wildman–Crippen MR) is 53.3 cm³/mol. The highest BCUT2D eigenvalue weighted by atomic mass is 16.3. The van der Waals surface area contributed by atoms with Crippen molar-refractivity contribution in [3.63, 3.8) is 0 Å². The number of hydrogen-bond acceptors (Lipinski definition) is 4. The van der Waals surface area contributed by atoms with E-state index >= 15 is 0 Å². The van der Waals surface area contributed by atoms with Crippen LogP contribution in [0.4, 0.5) is 5.95 Å². The van der Waals surface area contributed by atoms with Crippen molar-refractivity contribution in [3.05, 3.63) is 23.9 Å². The van der Waals surface area contributed by atoms with Crippen LogP contribution in [-0.4, -0.2) is 32.9 Å². The Morgan fingerprint density at radius 1 is 1.57 bits per heavy atom. The lowest BCUT2D eigenvalue weighted by molar-refractivity contribution is 0.311. The van der Waals surface area contributed by atoms with Crippen LogP contribution < -0.4 is 5.32 Å². The average molecular weight is 192 g/mol. The standard InChI is InChI=1S/C9H12N4O/c1-7-3-2-5-13-8(7)11-9(12-13)10-4-6-14/h2-3,5,14H,4,6H2,1H3,(H,10,12). The maximum Gasteiger partial charge on any atom is 0.243 e. The van der Waals surface area contributed by atoms with Gasteiger partial charge in [0.15, 0.2) is 5.65 Å². The van der Waals surface area contributed by atoms with Gasteiger partial charge in [-0.2, -0.15) is 4.98 Å². The highest BCUT2D eigenvalue weighted by Gasteiger charge is 2.03. The average Bonchev–Trinajstić information content (AvgIpc) is 2.59. The van der Waals surface area contributed by atoms with Gasteiger partial charge in [0.05, 0.1) is 6.61 Å². The number of anilines is 1. The molecule has 0 fully saturated rings. The molecule has 0 amide bonds. The summed E-state index contributed by atoms with van der Waals surface area (Å²) in [5.41, 5.74) is 1.92. The van der Waals surface area contributed by atoms with Gasteiger partial charge >= 0.3 is 0 Å². The van der Waals surface area contributed by atoms with E-state index in [1.54, 1.807) is 4.52 Å². The first-order valence-electron chi connectivity index (χ1n) is 4.48. The van der Waals surface area contributed by atoms with Gasteiger partial charge in [-0.25, -0.2) is 4.52 Å². The van der Waals surface area contributed by atoms with Crippen LogP contribution in [0.3, 0.4) is 0 Å². The lowest BCUT2D eigenvalue weighted by Gasteiger charge is -1.94. The molecule has 2 aromatic rings. The van der Waals surface area contributed by atoms with Crippen LogP contribution in [0.25, 0.3) is 5.65 Å². The Kier molecular flexibility index (Phi) is 2.32.